The van der Waals surface area contributed by atoms with Crippen molar-refractivity contribution in [3.05, 3.63) is 5.89 Å². The van der Waals surface area contributed by atoms with Crippen LogP contribution in [0.5, 0.6) is 0 Å². The zero-order chi connectivity index (χ0) is 12.0. The molecule has 6 heteroatoms. The highest BCUT2D eigenvalue weighted by Crippen LogP contribution is 2.20. The van der Waals surface area contributed by atoms with Gasteiger partial charge in [-0.3, -0.25) is 5.32 Å². The van der Waals surface area contributed by atoms with Crippen LogP contribution in [0.2, 0.25) is 0 Å². The summed E-state index contributed by atoms with van der Waals surface area (Å²) in [5.41, 5.74) is -0.475. The molecule has 0 aromatic carbocycles. The number of nitriles is 1. The van der Waals surface area contributed by atoms with Crippen LogP contribution in [0.25, 0.3) is 0 Å². The molecule has 0 saturated heterocycles. The number of rotatable bonds is 6. The quantitative estimate of drug-likeness (QED) is 0.763. The number of hydrogen-bond donors (Lipinski definition) is 1. The van der Waals surface area contributed by atoms with E-state index in [0.717, 1.165) is 18.7 Å². The van der Waals surface area contributed by atoms with Gasteiger partial charge in [0.15, 0.2) is 0 Å². The van der Waals surface area contributed by atoms with Gasteiger partial charge in [0.25, 0.3) is 5.22 Å². The Labute approximate surface area is 99.6 Å². The Kier molecular flexibility index (Phi) is 4.77. The minimum Gasteiger partial charge on any atom is -0.416 e. The first kappa shape index (κ1) is 13.0. The first-order valence-electron chi connectivity index (χ1n) is 5.19. The largest absolute Gasteiger partial charge is 0.416 e. The summed E-state index contributed by atoms with van der Waals surface area (Å²) in [6.45, 7) is 6.43. The number of nitrogens with zero attached hydrogens (tertiary/aromatic N) is 3. The first-order chi connectivity index (χ1) is 7.59. The van der Waals surface area contributed by atoms with E-state index in [4.69, 9.17) is 9.68 Å². The number of aromatic nitrogens is 2. The lowest BCUT2D eigenvalue weighted by molar-refractivity contribution is 0.426. The summed E-state index contributed by atoms with van der Waals surface area (Å²) < 4.78 is 5.23. The molecule has 1 aromatic rings. The molecule has 0 bridgehead atoms. The third kappa shape index (κ3) is 3.83. The van der Waals surface area contributed by atoms with Crippen molar-refractivity contribution in [2.24, 2.45) is 0 Å². The van der Waals surface area contributed by atoms with Crippen LogP contribution in [-0.4, -0.2) is 28.0 Å². The van der Waals surface area contributed by atoms with Gasteiger partial charge in [0, 0.05) is 12.7 Å². The smallest absolute Gasteiger partial charge is 0.276 e. The van der Waals surface area contributed by atoms with Crippen LogP contribution in [0.15, 0.2) is 9.64 Å². The summed E-state index contributed by atoms with van der Waals surface area (Å²) in [5, 5.41) is 20.4. The molecule has 1 rings (SSSR count). The van der Waals surface area contributed by atoms with Crippen molar-refractivity contribution >= 4 is 11.8 Å². The normalized spacial score (nSPS) is 14.4. The molecule has 1 unspecified atom stereocenters. The Morgan fingerprint density at radius 2 is 2.31 bits per heavy atom. The summed E-state index contributed by atoms with van der Waals surface area (Å²) in [6, 6.07) is 2.28. The Balaban J connectivity index is 2.37. The van der Waals surface area contributed by atoms with E-state index >= 15 is 0 Å². The molecule has 1 aromatic heterocycles. The highest BCUT2D eigenvalue weighted by atomic mass is 32.2. The molecule has 16 heavy (non-hydrogen) atoms. The standard InChI is InChI=1S/C10H16N4OS/c1-4-12-10(3,7-11)5-6-16-9-14-13-8(2)15-9/h12H,4-6H2,1-3H3. The van der Waals surface area contributed by atoms with E-state index in [-0.39, 0.29) is 0 Å². The topological polar surface area (TPSA) is 74.7 Å². The van der Waals surface area contributed by atoms with Crippen LogP contribution in [0.3, 0.4) is 0 Å². The van der Waals surface area contributed by atoms with Gasteiger partial charge >= 0.3 is 0 Å². The maximum absolute atomic E-state index is 9.04. The second kappa shape index (κ2) is 5.87. The zero-order valence-corrected chi connectivity index (χ0v) is 10.6. The fourth-order valence-electron chi connectivity index (χ4n) is 1.25. The van der Waals surface area contributed by atoms with E-state index in [2.05, 4.69) is 21.6 Å². The van der Waals surface area contributed by atoms with E-state index in [1.54, 1.807) is 6.92 Å². The minimum absolute atomic E-state index is 0.475. The average molecular weight is 240 g/mol. The molecule has 1 heterocycles. The molecular formula is C10H16N4OS. The fraction of sp³-hybridized carbons (Fsp3) is 0.700. The van der Waals surface area contributed by atoms with Crippen LogP contribution in [0, 0.1) is 18.3 Å². The number of thioether (sulfide) groups is 1. The SMILES string of the molecule is CCNC(C)(C#N)CCSc1nnc(C)o1. The summed E-state index contributed by atoms with van der Waals surface area (Å²) in [7, 11) is 0. The van der Waals surface area contributed by atoms with Gasteiger partial charge in [0.05, 0.1) is 6.07 Å². The van der Waals surface area contributed by atoms with Gasteiger partial charge in [-0.05, 0) is 19.9 Å². The van der Waals surface area contributed by atoms with Gasteiger partial charge in [-0.15, -0.1) is 10.2 Å². The van der Waals surface area contributed by atoms with E-state index in [9.17, 15) is 0 Å². The Hall–Kier alpha value is -1.06. The molecule has 1 N–H and O–H groups in total. The van der Waals surface area contributed by atoms with Gasteiger partial charge in [-0.1, -0.05) is 18.7 Å². The van der Waals surface area contributed by atoms with Crippen molar-refractivity contribution < 1.29 is 4.42 Å². The monoisotopic (exact) mass is 240 g/mol. The van der Waals surface area contributed by atoms with Crippen LogP contribution in [0.1, 0.15) is 26.2 Å². The number of hydrogen-bond acceptors (Lipinski definition) is 6. The predicted molar refractivity (Wildman–Crippen MR) is 62.1 cm³/mol. The highest BCUT2D eigenvalue weighted by Gasteiger charge is 2.22. The molecule has 0 fully saturated rings. The maximum Gasteiger partial charge on any atom is 0.276 e. The molecule has 0 aliphatic heterocycles. The van der Waals surface area contributed by atoms with E-state index in [1.165, 1.54) is 11.8 Å². The van der Waals surface area contributed by atoms with Gasteiger partial charge in [-0.2, -0.15) is 5.26 Å². The fourth-order valence-corrected chi connectivity index (χ4v) is 2.22. The van der Waals surface area contributed by atoms with Crippen LogP contribution < -0.4 is 5.32 Å². The molecule has 0 aliphatic rings. The molecule has 0 spiro atoms. The van der Waals surface area contributed by atoms with Crippen molar-refractivity contribution in [1.29, 1.82) is 5.26 Å². The van der Waals surface area contributed by atoms with E-state index in [1.807, 2.05) is 13.8 Å². The Morgan fingerprint density at radius 3 is 2.81 bits per heavy atom. The van der Waals surface area contributed by atoms with E-state index in [0.29, 0.717) is 11.1 Å². The van der Waals surface area contributed by atoms with Crippen molar-refractivity contribution in [1.82, 2.24) is 15.5 Å². The van der Waals surface area contributed by atoms with Crippen molar-refractivity contribution in [2.45, 2.75) is 38.0 Å². The summed E-state index contributed by atoms with van der Waals surface area (Å²) in [4.78, 5) is 0. The lowest BCUT2D eigenvalue weighted by Gasteiger charge is -2.21. The first-order valence-corrected chi connectivity index (χ1v) is 6.17. The van der Waals surface area contributed by atoms with Crippen molar-refractivity contribution in [2.75, 3.05) is 12.3 Å². The number of aryl methyl sites for hydroxylation is 1. The van der Waals surface area contributed by atoms with Crippen LogP contribution in [-0.2, 0) is 0 Å². The third-order valence-electron chi connectivity index (χ3n) is 2.15. The summed E-state index contributed by atoms with van der Waals surface area (Å²) >= 11 is 1.48. The van der Waals surface area contributed by atoms with Crippen molar-refractivity contribution in [3.63, 3.8) is 0 Å². The summed E-state index contributed by atoms with van der Waals surface area (Å²) in [6.07, 6.45) is 0.740. The van der Waals surface area contributed by atoms with Gasteiger partial charge in [0.2, 0.25) is 5.89 Å². The average Bonchev–Trinajstić information content (AvgIpc) is 2.65. The predicted octanol–water partition coefficient (Wildman–Crippen LogP) is 1.75. The molecule has 0 amide bonds. The molecule has 1 atom stereocenters. The number of nitrogens with one attached hydrogen (secondary N) is 1. The molecule has 0 saturated carbocycles. The maximum atomic E-state index is 9.04. The zero-order valence-electron chi connectivity index (χ0n) is 9.78. The molecular weight excluding hydrogens is 224 g/mol. The van der Waals surface area contributed by atoms with Crippen molar-refractivity contribution in [3.8, 4) is 6.07 Å². The molecule has 0 radical (unpaired) electrons. The Morgan fingerprint density at radius 1 is 1.56 bits per heavy atom. The minimum atomic E-state index is -0.475. The second-order valence-corrected chi connectivity index (χ2v) is 4.71. The van der Waals surface area contributed by atoms with Gasteiger partial charge in [-0.25, -0.2) is 0 Å². The second-order valence-electron chi connectivity index (χ2n) is 3.66. The van der Waals surface area contributed by atoms with E-state index < -0.39 is 5.54 Å². The highest BCUT2D eigenvalue weighted by molar-refractivity contribution is 7.99. The lowest BCUT2D eigenvalue weighted by atomic mass is 10.0. The Bertz CT molecular complexity index is 373. The van der Waals surface area contributed by atoms with Crippen LogP contribution >= 0.6 is 11.8 Å². The summed E-state index contributed by atoms with van der Waals surface area (Å²) in [5.74, 6) is 1.34. The van der Waals surface area contributed by atoms with Gasteiger partial charge in [0.1, 0.15) is 5.54 Å². The molecule has 0 aliphatic carbocycles. The molecule has 88 valence electrons. The third-order valence-corrected chi connectivity index (χ3v) is 2.97. The van der Waals surface area contributed by atoms with Crippen LogP contribution in [0.4, 0.5) is 0 Å². The lowest BCUT2D eigenvalue weighted by Crippen LogP contribution is -2.41. The molecule has 5 nitrogen and oxygen atoms in total. The van der Waals surface area contributed by atoms with Gasteiger partial charge < -0.3 is 4.42 Å².